The normalized spacial score (nSPS) is 21.8. The number of hydrogen-bond donors (Lipinski definition) is 1. The summed E-state index contributed by atoms with van der Waals surface area (Å²) < 4.78 is 16.2. The van der Waals surface area contributed by atoms with Crippen LogP contribution in [0.2, 0.25) is 0 Å². The number of ether oxygens (including phenoxy) is 2. The lowest BCUT2D eigenvalue weighted by Gasteiger charge is -2.37. The number of allylic oxidation sites excluding steroid dienone is 3. The largest absolute Gasteiger partial charge is 0.468 e. The molecule has 4 rings (SSSR count). The molecule has 8 nitrogen and oxygen atoms in total. The Morgan fingerprint density at radius 3 is 2.69 bits per heavy atom. The van der Waals surface area contributed by atoms with Crippen molar-refractivity contribution in [3.8, 4) is 0 Å². The van der Waals surface area contributed by atoms with E-state index in [9.17, 15) is 19.2 Å². The summed E-state index contributed by atoms with van der Waals surface area (Å²) in [6.45, 7) is 5.73. The van der Waals surface area contributed by atoms with Crippen LogP contribution in [-0.4, -0.2) is 42.9 Å². The van der Waals surface area contributed by atoms with E-state index in [1.165, 1.54) is 13.4 Å². The maximum absolute atomic E-state index is 13.8. The maximum Gasteiger partial charge on any atom is 0.336 e. The van der Waals surface area contributed by atoms with Crippen LogP contribution in [0.3, 0.4) is 0 Å². The Hall–Kier alpha value is -3.33. The van der Waals surface area contributed by atoms with E-state index in [1.807, 2.05) is 6.92 Å². The average Bonchev–Trinajstić information content (AvgIpc) is 2.86. The van der Waals surface area contributed by atoms with E-state index in [4.69, 9.17) is 13.9 Å². The highest BCUT2D eigenvalue weighted by molar-refractivity contribution is 7.99. The lowest BCUT2D eigenvalue weighted by molar-refractivity contribution is -0.151. The first-order valence-electron chi connectivity index (χ1n) is 11.9. The summed E-state index contributed by atoms with van der Waals surface area (Å²) in [6.07, 6.45) is 1.68. The van der Waals surface area contributed by atoms with Crippen molar-refractivity contribution in [2.45, 2.75) is 33.1 Å². The highest BCUT2D eigenvalue weighted by Crippen LogP contribution is 2.45. The fourth-order valence-corrected chi connectivity index (χ4v) is 5.46. The van der Waals surface area contributed by atoms with Gasteiger partial charge in [0.05, 0.1) is 30.3 Å². The number of hydrogen-bond acceptors (Lipinski definition) is 9. The highest BCUT2D eigenvalue weighted by Gasteiger charge is 2.48. The Morgan fingerprint density at radius 1 is 1.22 bits per heavy atom. The van der Waals surface area contributed by atoms with Crippen LogP contribution in [0.15, 0.2) is 62.3 Å². The third kappa shape index (κ3) is 4.59. The Kier molecular flexibility index (Phi) is 7.68. The third-order valence-electron chi connectivity index (χ3n) is 6.65. The fraction of sp³-hybridized carbons (Fsp3) is 0.407. The van der Waals surface area contributed by atoms with E-state index < -0.39 is 29.6 Å². The molecule has 190 valence electrons. The van der Waals surface area contributed by atoms with E-state index in [-0.39, 0.29) is 34.7 Å². The predicted molar refractivity (Wildman–Crippen MR) is 136 cm³/mol. The molecular formula is C27H29NO7S. The number of para-hydroxylation sites is 1. The monoisotopic (exact) mass is 511 g/mol. The van der Waals surface area contributed by atoms with Crippen molar-refractivity contribution in [3.63, 3.8) is 0 Å². The highest BCUT2D eigenvalue weighted by atomic mass is 32.2. The molecule has 0 spiro atoms. The number of dihydropyridines is 1. The predicted octanol–water partition coefficient (Wildman–Crippen LogP) is 3.70. The quantitative estimate of drug-likeness (QED) is 0.338. The standard InChI is InChI=1S/C27H29NO7S/c1-5-36-11-10-34-27(32)21-15(3)28-18-12-14(2)20(26(31)33-4)25(30)23(18)22(21)17-13-35-19-9-7-6-8-16(19)24(17)29/h6-9,13-14,20,22,28H,5,10-12H2,1-4H3/t14-,20-,22+/m1/s1. The summed E-state index contributed by atoms with van der Waals surface area (Å²) in [5.41, 5.74) is 1.62. The molecule has 0 radical (unpaired) electrons. The minimum absolute atomic E-state index is 0.142. The van der Waals surface area contributed by atoms with Crippen LogP contribution in [-0.2, 0) is 23.9 Å². The summed E-state index contributed by atoms with van der Waals surface area (Å²) in [5, 5.41) is 3.53. The van der Waals surface area contributed by atoms with Crippen molar-refractivity contribution in [2.24, 2.45) is 11.8 Å². The van der Waals surface area contributed by atoms with Crippen molar-refractivity contribution < 1.29 is 28.3 Å². The first-order valence-corrected chi connectivity index (χ1v) is 13.0. The zero-order valence-corrected chi connectivity index (χ0v) is 21.5. The summed E-state index contributed by atoms with van der Waals surface area (Å²) in [4.78, 5) is 53.3. The second kappa shape index (κ2) is 10.7. The molecule has 0 amide bonds. The Labute approximate surface area is 213 Å². The van der Waals surface area contributed by atoms with Gasteiger partial charge in [-0.15, -0.1) is 0 Å². The van der Waals surface area contributed by atoms with Gasteiger partial charge in [0.15, 0.2) is 11.2 Å². The minimum atomic E-state index is -1.04. The lowest BCUT2D eigenvalue weighted by Crippen LogP contribution is -2.44. The summed E-state index contributed by atoms with van der Waals surface area (Å²) in [6, 6.07) is 6.79. The molecule has 1 aromatic heterocycles. The Morgan fingerprint density at radius 2 is 1.97 bits per heavy atom. The molecule has 1 aliphatic carbocycles. The lowest BCUT2D eigenvalue weighted by atomic mass is 9.69. The molecule has 0 fully saturated rings. The first kappa shape index (κ1) is 25.8. The van der Waals surface area contributed by atoms with Crippen LogP contribution >= 0.6 is 11.8 Å². The Balaban J connectivity index is 1.88. The van der Waals surface area contributed by atoms with Gasteiger partial charge in [-0.2, -0.15) is 11.8 Å². The SMILES string of the molecule is CCSCCOC(=O)C1=C(C)NC2=C(C(=O)[C@H](C(=O)OC)[C@H](C)C2)[C@H]1c1coc2ccccc2c1=O. The molecule has 2 heterocycles. The van der Waals surface area contributed by atoms with Crippen molar-refractivity contribution in [2.75, 3.05) is 25.2 Å². The van der Waals surface area contributed by atoms with E-state index in [0.717, 1.165) is 5.75 Å². The fourth-order valence-electron chi connectivity index (χ4n) is 4.97. The van der Waals surface area contributed by atoms with Gasteiger partial charge in [-0.3, -0.25) is 14.4 Å². The molecule has 36 heavy (non-hydrogen) atoms. The van der Waals surface area contributed by atoms with Crippen LogP contribution in [0.4, 0.5) is 0 Å². The number of fused-ring (bicyclic) bond motifs is 1. The number of thioether (sulfide) groups is 1. The van der Waals surface area contributed by atoms with E-state index >= 15 is 0 Å². The molecule has 2 aromatic rings. The third-order valence-corrected chi connectivity index (χ3v) is 7.51. The van der Waals surface area contributed by atoms with Gasteiger partial charge in [0.25, 0.3) is 0 Å². The van der Waals surface area contributed by atoms with Crippen LogP contribution < -0.4 is 10.7 Å². The van der Waals surface area contributed by atoms with Gasteiger partial charge >= 0.3 is 11.9 Å². The zero-order chi connectivity index (χ0) is 26.0. The molecular weight excluding hydrogens is 482 g/mol. The number of carbonyl (C=O) groups excluding carboxylic acids is 3. The molecule has 3 atom stereocenters. The van der Waals surface area contributed by atoms with Gasteiger partial charge in [0.1, 0.15) is 18.1 Å². The summed E-state index contributed by atoms with van der Waals surface area (Å²) in [7, 11) is 1.24. The van der Waals surface area contributed by atoms with Crippen molar-refractivity contribution in [1.82, 2.24) is 5.32 Å². The first-order chi connectivity index (χ1) is 17.3. The Bertz CT molecular complexity index is 1340. The van der Waals surface area contributed by atoms with Crippen molar-refractivity contribution in [1.29, 1.82) is 0 Å². The van der Waals surface area contributed by atoms with Gasteiger partial charge < -0.3 is 19.2 Å². The van der Waals surface area contributed by atoms with Gasteiger partial charge in [0, 0.05) is 28.3 Å². The molecule has 0 saturated carbocycles. The van der Waals surface area contributed by atoms with Gasteiger partial charge in [0.2, 0.25) is 0 Å². The molecule has 0 unspecified atom stereocenters. The number of carbonyl (C=O) groups is 3. The van der Waals surface area contributed by atoms with Crippen LogP contribution in [0.25, 0.3) is 11.0 Å². The number of ketones is 1. The topological polar surface area (TPSA) is 112 Å². The summed E-state index contributed by atoms with van der Waals surface area (Å²) >= 11 is 1.63. The molecule has 1 N–H and O–H groups in total. The second-order valence-electron chi connectivity index (χ2n) is 8.88. The number of Topliss-reactive ketones (excluding diaryl/α,β-unsaturated/α-hetero) is 1. The minimum Gasteiger partial charge on any atom is -0.468 e. The van der Waals surface area contributed by atoms with E-state index in [2.05, 4.69) is 5.32 Å². The molecule has 0 saturated heterocycles. The van der Waals surface area contributed by atoms with E-state index in [1.54, 1.807) is 49.9 Å². The van der Waals surface area contributed by atoms with Crippen molar-refractivity contribution in [3.05, 3.63) is 68.9 Å². The van der Waals surface area contributed by atoms with Crippen LogP contribution in [0, 0.1) is 11.8 Å². The molecule has 1 aromatic carbocycles. The molecule has 2 aliphatic rings. The van der Waals surface area contributed by atoms with Crippen LogP contribution in [0.5, 0.6) is 0 Å². The molecule has 1 aliphatic heterocycles. The number of rotatable bonds is 7. The van der Waals surface area contributed by atoms with Gasteiger partial charge in [-0.25, -0.2) is 4.79 Å². The second-order valence-corrected chi connectivity index (χ2v) is 10.3. The van der Waals surface area contributed by atoms with Gasteiger partial charge in [-0.1, -0.05) is 26.0 Å². The smallest absolute Gasteiger partial charge is 0.336 e. The number of nitrogens with one attached hydrogen (secondary N) is 1. The molecule has 9 heteroatoms. The molecule has 0 bridgehead atoms. The van der Waals surface area contributed by atoms with Gasteiger partial charge in [-0.05, 0) is 37.1 Å². The number of esters is 2. The number of methoxy groups -OCH3 is 1. The number of benzene rings is 1. The summed E-state index contributed by atoms with van der Waals surface area (Å²) in [5.74, 6) is -2.63. The van der Waals surface area contributed by atoms with E-state index in [0.29, 0.717) is 34.5 Å². The van der Waals surface area contributed by atoms with Crippen LogP contribution in [0.1, 0.15) is 38.7 Å². The maximum atomic E-state index is 13.8. The average molecular weight is 512 g/mol. The van der Waals surface area contributed by atoms with Crippen molar-refractivity contribution >= 4 is 40.5 Å². The zero-order valence-electron chi connectivity index (χ0n) is 20.7.